The Kier molecular flexibility index (Phi) is 2.86. The molecule has 0 N–H and O–H groups in total. The van der Waals surface area contributed by atoms with E-state index in [4.69, 9.17) is 4.74 Å². The molecule has 1 aromatic rings. The average Bonchev–Trinajstić information content (AvgIpc) is 2.85. The van der Waals surface area contributed by atoms with Crippen molar-refractivity contribution < 1.29 is 9.53 Å². The highest BCUT2D eigenvalue weighted by molar-refractivity contribution is 5.95. The maximum absolute atomic E-state index is 12.5. The van der Waals surface area contributed by atoms with Gasteiger partial charge in [0.2, 0.25) is 0 Å². The van der Waals surface area contributed by atoms with Crippen LogP contribution in [0.15, 0.2) is 24.3 Å². The minimum atomic E-state index is 0.152. The van der Waals surface area contributed by atoms with E-state index < -0.39 is 0 Å². The van der Waals surface area contributed by atoms with Crippen molar-refractivity contribution in [3.05, 3.63) is 35.4 Å². The van der Waals surface area contributed by atoms with Crippen LogP contribution in [0, 0.1) is 12.8 Å². The second kappa shape index (κ2) is 4.39. The lowest BCUT2D eigenvalue weighted by Crippen LogP contribution is -2.31. The predicted molar refractivity (Wildman–Crippen MR) is 69.5 cm³/mol. The molecule has 1 aromatic carbocycles. The zero-order chi connectivity index (χ0) is 12.7. The summed E-state index contributed by atoms with van der Waals surface area (Å²) in [6, 6.07) is 7.79. The molecule has 3 rings (SSSR count). The zero-order valence-corrected chi connectivity index (χ0v) is 10.9. The fraction of sp³-hybridized carbons (Fsp3) is 0.533. The molecule has 3 nitrogen and oxygen atoms in total. The Labute approximate surface area is 108 Å². The molecule has 2 aliphatic rings. The molecule has 0 aliphatic carbocycles. The number of benzene rings is 1. The van der Waals surface area contributed by atoms with Crippen molar-refractivity contribution in [1.29, 1.82) is 0 Å². The van der Waals surface area contributed by atoms with Gasteiger partial charge in [-0.2, -0.15) is 0 Å². The normalized spacial score (nSPS) is 30.6. The lowest BCUT2D eigenvalue weighted by molar-refractivity contribution is 0.0443. The van der Waals surface area contributed by atoms with Crippen LogP contribution >= 0.6 is 0 Å². The monoisotopic (exact) mass is 245 g/mol. The summed E-state index contributed by atoms with van der Waals surface area (Å²) >= 11 is 0. The molecule has 3 heteroatoms. The summed E-state index contributed by atoms with van der Waals surface area (Å²) in [5, 5.41) is 0. The lowest BCUT2D eigenvalue weighted by Gasteiger charge is -2.19. The number of carbonyl (C=O) groups excluding carboxylic acids is 1. The molecule has 3 atom stereocenters. The Hall–Kier alpha value is -1.35. The first-order chi connectivity index (χ1) is 8.65. The van der Waals surface area contributed by atoms with Gasteiger partial charge in [-0.25, -0.2) is 0 Å². The summed E-state index contributed by atoms with van der Waals surface area (Å²) in [6.07, 6.45) is 1.70. The van der Waals surface area contributed by atoms with Gasteiger partial charge < -0.3 is 9.64 Å². The van der Waals surface area contributed by atoms with Gasteiger partial charge in [0.15, 0.2) is 0 Å². The fourth-order valence-electron chi connectivity index (χ4n) is 3.15. The van der Waals surface area contributed by atoms with Gasteiger partial charge in [-0.1, -0.05) is 18.2 Å². The Bertz CT molecular complexity index is 457. The molecular weight excluding hydrogens is 226 g/mol. The van der Waals surface area contributed by atoms with Crippen LogP contribution in [0.2, 0.25) is 0 Å². The largest absolute Gasteiger partial charge is 0.373 e. The number of hydrogen-bond acceptors (Lipinski definition) is 2. The maximum Gasteiger partial charge on any atom is 0.254 e. The van der Waals surface area contributed by atoms with Gasteiger partial charge in [-0.3, -0.25) is 4.79 Å². The highest BCUT2D eigenvalue weighted by Gasteiger charge is 2.42. The van der Waals surface area contributed by atoms with Gasteiger partial charge in [0.05, 0.1) is 12.2 Å². The molecule has 0 spiro atoms. The molecule has 18 heavy (non-hydrogen) atoms. The van der Waals surface area contributed by atoms with E-state index in [1.807, 2.05) is 36.1 Å². The summed E-state index contributed by atoms with van der Waals surface area (Å²) in [6.45, 7) is 5.71. The number of ether oxygens (including phenoxy) is 1. The first kappa shape index (κ1) is 11.7. The van der Waals surface area contributed by atoms with Crippen LogP contribution in [-0.2, 0) is 4.74 Å². The third kappa shape index (κ3) is 1.93. The first-order valence-electron chi connectivity index (χ1n) is 6.65. The third-order valence-electron chi connectivity index (χ3n) is 4.09. The van der Waals surface area contributed by atoms with Gasteiger partial charge in [-0.15, -0.1) is 0 Å². The highest BCUT2D eigenvalue weighted by atomic mass is 16.5. The number of likely N-dealkylation sites (tertiary alicyclic amines) is 1. The molecule has 1 amide bonds. The van der Waals surface area contributed by atoms with E-state index in [9.17, 15) is 4.79 Å². The SMILES string of the molecule is Cc1ccccc1C(=O)N1C[C@@H]2C[C@@H](C)O[C@@H]2C1. The van der Waals surface area contributed by atoms with Crippen molar-refractivity contribution in [1.82, 2.24) is 4.90 Å². The molecular formula is C15H19NO2. The summed E-state index contributed by atoms with van der Waals surface area (Å²) in [5.41, 5.74) is 1.87. The van der Waals surface area contributed by atoms with Crippen LogP contribution in [0.25, 0.3) is 0 Å². The predicted octanol–water partition coefficient (Wildman–Crippen LogP) is 2.24. The molecule has 0 unspecified atom stereocenters. The van der Waals surface area contributed by atoms with Gasteiger partial charge in [-0.05, 0) is 31.9 Å². The molecule has 2 fully saturated rings. The van der Waals surface area contributed by atoms with E-state index in [-0.39, 0.29) is 12.0 Å². The molecule has 0 saturated carbocycles. The van der Waals surface area contributed by atoms with Crippen LogP contribution in [0.3, 0.4) is 0 Å². The zero-order valence-electron chi connectivity index (χ0n) is 10.9. The van der Waals surface area contributed by atoms with Crippen LogP contribution < -0.4 is 0 Å². The fourth-order valence-corrected chi connectivity index (χ4v) is 3.15. The number of amides is 1. The minimum absolute atomic E-state index is 0.152. The van der Waals surface area contributed by atoms with Crippen LogP contribution in [0.1, 0.15) is 29.3 Å². The number of hydrogen-bond donors (Lipinski definition) is 0. The second-order valence-electron chi connectivity index (χ2n) is 5.51. The van der Waals surface area contributed by atoms with E-state index in [0.717, 1.165) is 30.6 Å². The van der Waals surface area contributed by atoms with Crippen molar-refractivity contribution >= 4 is 5.91 Å². The Morgan fingerprint density at radius 1 is 1.33 bits per heavy atom. The van der Waals surface area contributed by atoms with Crippen LogP contribution in [-0.4, -0.2) is 36.1 Å². The van der Waals surface area contributed by atoms with Gasteiger partial charge in [0.25, 0.3) is 5.91 Å². The number of fused-ring (bicyclic) bond motifs is 1. The maximum atomic E-state index is 12.5. The lowest BCUT2D eigenvalue weighted by atomic mass is 10.0. The van der Waals surface area contributed by atoms with Crippen molar-refractivity contribution in [3.8, 4) is 0 Å². The van der Waals surface area contributed by atoms with E-state index in [1.54, 1.807) is 0 Å². The smallest absolute Gasteiger partial charge is 0.254 e. The highest BCUT2D eigenvalue weighted by Crippen LogP contribution is 2.33. The molecule has 0 radical (unpaired) electrons. The second-order valence-corrected chi connectivity index (χ2v) is 5.51. The summed E-state index contributed by atoms with van der Waals surface area (Å²) in [5.74, 6) is 0.687. The van der Waals surface area contributed by atoms with Crippen molar-refractivity contribution in [2.45, 2.75) is 32.5 Å². The van der Waals surface area contributed by atoms with E-state index in [0.29, 0.717) is 12.0 Å². The van der Waals surface area contributed by atoms with Crippen molar-refractivity contribution in [3.63, 3.8) is 0 Å². The van der Waals surface area contributed by atoms with Gasteiger partial charge in [0, 0.05) is 24.6 Å². The van der Waals surface area contributed by atoms with Crippen LogP contribution in [0.4, 0.5) is 0 Å². The van der Waals surface area contributed by atoms with Crippen LogP contribution in [0.5, 0.6) is 0 Å². The Morgan fingerprint density at radius 2 is 2.11 bits per heavy atom. The number of carbonyl (C=O) groups is 1. The number of aryl methyl sites for hydroxylation is 1. The topological polar surface area (TPSA) is 29.5 Å². The third-order valence-corrected chi connectivity index (χ3v) is 4.09. The van der Waals surface area contributed by atoms with E-state index >= 15 is 0 Å². The van der Waals surface area contributed by atoms with Crippen molar-refractivity contribution in [2.24, 2.45) is 5.92 Å². The Morgan fingerprint density at radius 3 is 2.83 bits per heavy atom. The standard InChI is InChI=1S/C15H19NO2/c1-10-5-3-4-6-13(10)15(17)16-8-12-7-11(2)18-14(12)9-16/h3-6,11-12,14H,7-9H2,1-2H3/t11-,12+,14-/m1/s1. The van der Waals surface area contributed by atoms with E-state index in [2.05, 4.69) is 6.92 Å². The number of rotatable bonds is 1. The number of nitrogens with zero attached hydrogens (tertiary/aromatic N) is 1. The van der Waals surface area contributed by atoms with Crippen molar-refractivity contribution in [2.75, 3.05) is 13.1 Å². The molecule has 0 bridgehead atoms. The molecule has 0 aromatic heterocycles. The molecule has 2 aliphatic heterocycles. The summed E-state index contributed by atoms with van der Waals surface area (Å²) < 4.78 is 5.84. The minimum Gasteiger partial charge on any atom is -0.373 e. The first-order valence-corrected chi connectivity index (χ1v) is 6.65. The van der Waals surface area contributed by atoms with Gasteiger partial charge >= 0.3 is 0 Å². The summed E-state index contributed by atoms with van der Waals surface area (Å²) in [7, 11) is 0. The Balaban J connectivity index is 1.74. The molecule has 96 valence electrons. The average molecular weight is 245 g/mol. The van der Waals surface area contributed by atoms with E-state index in [1.165, 1.54) is 0 Å². The molecule has 2 heterocycles. The molecule has 2 saturated heterocycles. The van der Waals surface area contributed by atoms with Gasteiger partial charge in [0.1, 0.15) is 0 Å². The quantitative estimate of drug-likeness (QED) is 0.759. The summed E-state index contributed by atoms with van der Waals surface area (Å²) in [4.78, 5) is 14.4.